The fourth-order valence-corrected chi connectivity index (χ4v) is 4.01. The molecule has 0 bridgehead atoms. The molecule has 6 nitrogen and oxygen atoms in total. The van der Waals surface area contributed by atoms with Gasteiger partial charge >= 0.3 is 6.61 Å². The Morgan fingerprint density at radius 3 is 2.50 bits per heavy atom. The van der Waals surface area contributed by atoms with Gasteiger partial charge < -0.3 is 4.74 Å². The van der Waals surface area contributed by atoms with E-state index in [1.54, 1.807) is 38.0 Å². The van der Waals surface area contributed by atoms with Crippen LogP contribution in [-0.2, 0) is 23.6 Å². The van der Waals surface area contributed by atoms with Gasteiger partial charge in [-0.2, -0.15) is 18.2 Å². The zero-order valence-corrected chi connectivity index (χ0v) is 14.4. The number of sulfonamides is 1. The Kier molecular flexibility index (Phi) is 5.55. The minimum atomic E-state index is -4.03. The molecule has 0 spiro atoms. The first-order valence-corrected chi connectivity index (χ1v) is 8.69. The summed E-state index contributed by atoms with van der Waals surface area (Å²) >= 11 is 0. The van der Waals surface area contributed by atoms with E-state index in [1.807, 2.05) is 0 Å². The van der Waals surface area contributed by atoms with Crippen molar-refractivity contribution in [2.45, 2.75) is 37.9 Å². The minimum absolute atomic E-state index is 0.0802. The lowest BCUT2D eigenvalue weighted by atomic mass is 10.3. The third kappa shape index (κ3) is 4.09. The van der Waals surface area contributed by atoms with Crippen LogP contribution in [-0.4, -0.2) is 35.2 Å². The van der Waals surface area contributed by atoms with Gasteiger partial charge in [-0.3, -0.25) is 4.68 Å². The van der Waals surface area contributed by atoms with Gasteiger partial charge in [-0.1, -0.05) is 12.1 Å². The van der Waals surface area contributed by atoms with Gasteiger partial charge in [0.25, 0.3) is 0 Å². The Balaban J connectivity index is 2.42. The largest absolute Gasteiger partial charge is 0.433 e. The summed E-state index contributed by atoms with van der Waals surface area (Å²) < 4.78 is 58.2. The molecule has 2 aromatic rings. The minimum Gasteiger partial charge on any atom is -0.433 e. The molecule has 0 unspecified atom stereocenters. The Morgan fingerprint density at radius 1 is 1.29 bits per heavy atom. The molecule has 0 saturated carbocycles. The van der Waals surface area contributed by atoms with E-state index in [1.165, 1.54) is 28.6 Å². The van der Waals surface area contributed by atoms with Crippen LogP contribution in [0.25, 0.3) is 0 Å². The Bertz CT molecular complexity index is 791. The summed E-state index contributed by atoms with van der Waals surface area (Å²) in [6, 6.07) is 4.99. The van der Waals surface area contributed by atoms with Crippen LogP contribution in [0, 0.1) is 0 Å². The zero-order valence-electron chi connectivity index (χ0n) is 13.6. The second-order valence-corrected chi connectivity index (χ2v) is 7.35. The van der Waals surface area contributed by atoms with E-state index in [-0.39, 0.29) is 23.2 Å². The number of aryl methyl sites for hydroxylation is 1. The van der Waals surface area contributed by atoms with Crippen molar-refractivity contribution in [2.75, 3.05) is 0 Å². The molecule has 2 rings (SSSR count). The van der Waals surface area contributed by atoms with E-state index in [0.29, 0.717) is 5.56 Å². The average Bonchev–Trinajstić information content (AvgIpc) is 2.89. The van der Waals surface area contributed by atoms with Crippen molar-refractivity contribution in [1.29, 1.82) is 0 Å². The molecule has 0 amide bonds. The molecular formula is C15H19F2N3O3S. The second kappa shape index (κ2) is 7.27. The third-order valence-corrected chi connectivity index (χ3v) is 5.39. The van der Waals surface area contributed by atoms with Crippen molar-refractivity contribution < 1.29 is 21.9 Å². The lowest BCUT2D eigenvalue weighted by molar-refractivity contribution is -0.0518. The number of benzene rings is 1. The molecule has 0 aliphatic heterocycles. The number of alkyl halides is 2. The lowest BCUT2D eigenvalue weighted by Crippen LogP contribution is -2.36. The van der Waals surface area contributed by atoms with Crippen LogP contribution in [0.2, 0.25) is 0 Å². The predicted octanol–water partition coefficient (Wildman–Crippen LogP) is 2.62. The highest BCUT2D eigenvalue weighted by molar-refractivity contribution is 7.89. The number of nitrogens with zero attached hydrogens (tertiary/aromatic N) is 3. The van der Waals surface area contributed by atoms with Crippen molar-refractivity contribution >= 4 is 10.0 Å². The molecule has 0 aliphatic carbocycles. The van der Waals surface area contributed by atoms with Crippen molar-refractivity contribution in [1.82, 2.24) is 14.1 Å². The van der Waals surface area contributed by atoms with Crippen molar-refractivity contribution in [3.63, 3.8) is 0 Å². The van der Waals surface area contributed by atoms with Crippen LogP contribution < -0.4 is 4.74 Å². The standard InChI is InChI=1S/C15H19F2N3O3S/c1-11(2)20(10-12-8-18-19(3)9-12)24(21,22)14-7-5-4-6-13(14)23-15(16)17/h4-9,11,15H,10H2,1-3H3. The van der Waals surface area contributed by atoms with E-state index in [2.05, 4.69) is 9.84 Å². The normalized spacial score (nSPS) is 12.3. The predicted molar refractivity (Wildman–Crippen MR) is 84.1 cm³/mol. The number of para-hydroxylation sites is 1. The molecule has 0 atom stereocenters. The van der Waals surface area contributed by atoms with Gasteiger partial charge in [0.2, 0.25) is 10.0 Å². The molecule has 1 aromatic heterocycles. The number of ether oxygens (including phenoxy) is 1. The van der Waals surface area contributed by atoms with Gasteiger partial charge in [-0.25, -0.2) is 8.42 Å². The maximum Gasteiger partial charge on any atom is 0.387 e. The molecule has 1 heterocycles. The van der Waals surface area contributed by atoms with E-state index in [4.69, 9.17) is 0 Å². The van der Waals surface area contributed by atoms with Gasteiger partial charge in [0.05, 0.1) is 6.20 Å². The lowest BCUT2D eigenvalue weighted by Gasteiger charge is -2.26. The second-order valence-electron chi connectivity index (χ2n) is 5.49. The molecular weight excluding hydrogens is 340 g/mol. The molecule has 132 valence electrons. The molecule has 0 aliphatic rings. The number of hydrogen-bond acceptors (Lipinski definition) is 4. The van der Waals surface area contributed by atoms with Gasteiger partial charge in [0, 0.05) is 31.4 Å². The highest BCUT2D eigenvalue weighted by Crippen LogP contribution is 2.29. The molecule has 1 aromatic carbocycles. The summed E-state index contributed by atoms with van der Waals surface area (Å²) in [5.74, 6) is -0.371. The number of aromatic nitrogens is 2. The monoisotopic (exact) mass is 359 g/mol. The first-order chi connectivity index (χ1) is 11.2. The van der Waals surface area contributed by atoms with E-state index >= 15 is 0 Å². The quantitative estimate of drug-likeness (QED) is 0.762. The number of hydrogen-bond donors (Lipinski definition) is 0. The summed E-state index contributed by atoms with van der Waals surface area (Å²) in [5.41, 5.74) is 0.696. The number of rotatable bonds is 7. The summed E-state index contributed by atoms with van der Waals surface area (Å²) in [7, 11) is -2.30. The highest BCUT2D eigenvalue weighted by Gasteiger charge is 2.30. The fraction of sp³-hybridized carbons (Fsp3) is 0.400. The van der Waals surface area contributed by atoms with Crippen LogP contribution >= 0.6 is 0 Å². The zero-order chi connectivity index (χ0) is 17.9. The fourth-order valence-electron chi connectivity index (χ4n) is 2.26. The molecule has 0 N–H and O–H groups in total. The van der Waals surface area contributed by atoms with Gasteiger partial charge in [-0.05, 0) is 26.0 Å². The van der Waals surface area contributed by atoms with Crippen molar-refractivity contribution in [2.24, 2.45) is 7.05 Å². The molecule has 0 saturated heterocycles. The summed E-state index contributed by atoms with van der Waals surface area (Å²) in [5, 5.41) is 4.01. The Hall–Kier alpha value is -2.00. The summed E-state index contributed by atoms with van der Waals surface area (Å²) in [6.45, 7) is 0.401. The van der Waals surface area contributed by atoms with Crippen LogP contribution in [0.4, 0.5) is 8.78 Å². The molecule has 0 radical (unpaired) electrons. The molecule has 0 fully saturated rings. The van der Waals surface area contributed by atoms with Crippen LogP contribution in [0.5, 0.6) is 5.75 Å². The SMILES string of the molecule is CC(C)N(Cc1cnn(C)c1)S(=O)(=O)c1ccccc1OC(F)F. The first-order valence-electron chi connectivity index (χ1n) is 7.25. The summed E-state index contributed by atoms with van der Waals surface area (Å²) in [6.07, 6.45) is 3.26. The van der Waals surface area contributed by atoms with Crippen LogP contribution in [0.1, 0.15) is 19.4 Å². The smallest absolute Gasteiger partial charge is 0.387 e. The molecule has 9 heteroatoms. The van der Waals surface area contributed by atoms with Crippen molar-refractivity contribution in [3.8, 4) is 5.75 Å². The Morgan fingerprint density at radius 2 is 1.96 bits per heavy atom. The van der Waals surface area contributed by atoms with E-state index in [9.17, 15) is 17.2 Å². The number of halogens is 2. The maximum atomic E-state index is 13.0. The van der Waals surface area contributed by atoms with E-state index < -0.39 is 16.6 Å². The Labute approximate surface area is 139 Å². The van der Waals surface area contributed by atoms with Crippen LogP contribution in [0.3, 0.4) is 0 Å². The summed E-state index contributed by atoms with van der Waals surface area (Å²) in [4.78, 5) is -0.289. The van der Waals surface area contributed by atoms with E-state index in [0.717, 1.165) is 0 Å². The maximum absolute atomic E-state index is 13.0. The first kappa shape index (κ1) is 18.3. The average molecular weight is 359 g/mol. The van der Waals surface area contributed by atoms with Crippen LogP contribution in [0.15, 0.2) is 41.6 Å². The van der Waals surface area contributed by atoms with Gasteiger partial charge in [-0.15, -0.1) is 0 Å². The van der Waals surface area contributed by atoms with Gasteiger partial charge in [0.1, 0.15) is 10.6 Å². The highest BCUT2D eigenvalue weighted by atomic mass is 32.2. The van der Waals surface area contributed by atoms with Crippen molar-refractivity contribution in [3.05, 3.63) is 42.2 Å². The van der Waals surface area contributed by atoms with Gasteiger partial charge in [0.15, 0.2) is 0 Å². The molecule has 24 heavy (non-hydrogen) atoms. The topological polar surface area (TPSA) is 64.4 Å². The third-order valence-electron chi connectivity index (χ3n) is 3.32.